The largest absolute Gasteiger partial charge is 0.386 e. The van der Waals surface area contributed by atoms with Gasteiger partial charge in [-0.05, 0) is 6.92 Å². The van der Waals surface area contributed by atoms with Gasteiger partial charge in [0.1, 0.15) is 12.2 Å². The Bertz CT molecular complexity index is 118. The van der Waals surface area contributed by atoms with Gasteiger partial charge in [0.15, 0.2) is 0 Å². The van der Waals surface area contributed by atoms with Crippen LogP contribution in [-0.2, 0) is 4.74 Å². The van der Waals surface area contributed by atoms with E-state index < -0.39 is 6.10 Å². The first kappa shape index (κ1) is 9.40. The highest BCUT2D eigenvalue weighted by Gasteiger charge is 2.09. The van der Waals surface area contributed by atoms with Crippen molar-refractivity contribution in [1.82, 2.24) is 0 Å². The highest BCUT2D eigenvalue weighted by molar-refractivity contribution is 4.97. The Labute approximate surface area is 61.8 Å². The Morgan fingerprint density at radius 3 is 2.50 bits per heavy atom. The van der Waals surface area contributed by atoms with Crippen molar-refractivity contribution in [2.24, 2.45) is 0 Å². The third kappa shape index (κ3) is 2.80. The summed E-state index contributed by atoms with van der Waals surface area (Å²) >= 11 is 0. The smallest absolute Gasteiger partial charge is 0.104 e. The van der Waals surface area contributed by atoms with Gasteiger partial charge >= 0.3 is 0 Å². The molecule has 0 amide bonds. The van der Waals surface area contributed by atoms with Crippen LogP contribution in [0.1, 0.15) is 6.92 Å². The zero-order valence-corrected chi connectivity index (χ0v) is 6.45. The lowest BCUT2D eigenvalue weighted by Crippen LogP contribution is -2.23. The number of methoxy groups -OCH3 is 1. The monoisotopic (exact) mass is 142 g/mol. The third-order valence-electron chi connectivity index (χ3n) is 1.23. The van der Waals surface area contributed by atoms with Gasteiger partial charge in [-0.1, -0.05) is 18.2 Å². The quantitative estimate of drug-likeness (QED) is 0.596. The molecule has 0 bridgehead atoms. The summed E-state index contributed by atoms with van der Waals surface area (Å²) in [5, 5.41) is 9.23. The molecule has 0 heterocycles. The maximum atomic E-state index is 9.23. The first-order valence-electron chi connectivity index (χ1n) is 3.22. The summed E-state index contributed by atoms with van der Waals surface area (Å²) in [5.74, 6) is 0. The van der Waals surface area contributed by atoms with Gasteiger partial charge in [0.05, 0.1) is 0 Å². The topological polar surface area (TPSA) is 29.5 Å². The molecule has 0 radical (unpaired) electrons. The third-order valence-corrected chi connectivity index (χ3v) is 1.23. The molecule has 2 atom stereocenters. The van der Waals surface area contributed by atoms with Crippen LogP contribution in [0.2, 0.25) is 0 Å². The van der Waals surface area contributed by atoms with Crippen LogP contribution >= 0.6 is 0 Å². The predicted molar refractivity (Wildman–Crippen MR) is 41.8 cm³/mol. The van der Waals surface area contributed by atoms with Gasteiger partial charge in [-0.15, -0.1) is 6.58 Å². The Hall–Kier alpha value is -0.600. The minimum absolute atomic E-state index is 0.295. The van der Waals surface area contributed by atoms with Gasteiger partial charge in [0, 0.05) is 7.11 Å². The zero-order chi connectivity index (χ0) is 7.98. The lowest BCUT2D eigenvalue weighted by molar-refractivity contribution is 0.0430. The summed E-state index contributed by atoms with van der Waals surface area (Å²) in [6, 6.07) is 0. The van der Waals surface area contributed by atoms with Crippen molar-refractivity contribution in [3.05, 3.63) is 24.8 Å². The van der Waals surface area contributed by atoms with E-state index in [1.165, 1.54) is 0 Å². The average molecular weight is 142 g/mol. The summed E-state index contributed by atoms with van der Waals surface area (Å²) in [4.78, 5) is 0. The van der Waals surface area contributed by atoms with Crippen LogP contribution in [0.5, 0.6) is 0 Å². The molecule has 0 aromatic carbocycles. The Kier molecular flexibility index (Phi) is 4.89. The van der Waals surface area contributed by atoms with Crippen LogP contribution in [0.15, 0.2) is 24.8 Å². The van der Waals surface area contributed by atoms with Crippen LogP contribution in [-0.4, -0.2) is 24.4 Å². The maximum absolute atomic E-state index is 9.23. The van der Waals surface area contributed by atoms with E-state index in [0.717, 1.165) is 0 Å². The molecule has 2 heteroatoms. The van der Waals surface area contributed by atoms with Crippen LogP contribution in [0.4, 0.5) is 0 Å². The van der Waals surface area contributed by atoms with Gasteiger partial charge < -0.3 is 9.84 Å². The number of rotatable bonds is 4. The maximum Gasteiger partial charge on any atom is 0.104 e. The summed E-state index contributed by atoms with van der Waals surface area (Å²) in [5.41, 5.74) is 0. The molecule has 10 heavy (non-hydrogen) atoms. The lowest BCUT2D eigenvalue weighted by atomic mass is 10.2. The Balaban J connectivity index is 3.87. The van der Waals surface area contributed by atoms with Crippen molar-refractivity contribution in [3.63, 3.8) is 0 Å². The van der Waals surface area contributed by atoms with Crippen molar-refractivity contribution in [2.45, 2.75) is 19.1 Å². The Morgan fingerprint density at radius 2 is 2.20 bits per heavy atom. The molecular formula is C8H14O2. The fourth-order valence-electron chi connectivity index (χ4n) is 0.682. The molecule has 0 aromatic heterocycles. The average Bonchev–Trinajstić information content (AvgIpc) is 1.91. The van der Waals surface area contributed by atoms with E-state index in [1.807, 2.05) is 6.92 Å². The van der Waals surface area contributed by atoms with Crippen molar-refractivity contribution in [2.75, 3.05) is 7.11 Å². The summed E-state index contributed by atoms with van der Waals surface area (Å²) in [7, 11) is 1.54. The van der Waals surface area contributed by atoms with E-state index in [0.29, 0.717) is 0 Å². The van der Waals surface area contributed by atoms with Crippen LogP contribution < -0.4 is 0 Å². The second-order valence-corrected chi connectivity index (χ2v) is 1.95. The molecule has 0 fully saturated rings. The molecule has 0 saturated carbocycles. The number of aliphatic hydroxyl groups is 1. The van der Waals surface area contributed by atoms with Crippen molar-refractivity contribution >= 4 is 0 Å². The molecule has 0 aliphatic rings. The molecule has 0 aliphatic carbocycles. The number of hydrogen-bond donors (Lipinski definition) is 1. The first-order chi connectivity index (χ1) is 4.76. The van der Waals surface area contributed by atoms with Gasteiger partial charge in [-0.2, -0.15) is 0 Å². The fourth-order valence-corrected chi connectivity index (χ4v) is 0.682. The molecule has 0 rings (SSSR count). The minimum atomic E-state index is -0.576. The SMILES string of the molecule is C=C[C@@H](OC)[C@H](O)/C=C/C. The summed E-state index contributed by atoms with van der Waals surface area (Å²) in [6.45, 7) is 5.36. The zero-order valence-electron chi connectivity index (χ0n) is 6.45. The molecule has 0 saturated heterocycles. The fraction of sp³-hybridized carbons (Fsp3) is 0.500. The van der Waals surface area contributed by atoms with E-state index in [-0.39, 0.29) is 6.10 Å². The van der Waals surface area contributed by atoms with E-state index in [4.69, 9.17) is 4.74 Å². The standard InChI is InChI=1S/C8H14O2/c1-4-6-7(9)8(5-2)10-3/h4-9H,2H2,1,3H3/b6-4+/t7-,8-/m1/s1. The molecule has 0 spiro atoms. The number of aliphatic hydroxyl groups excluding tert-OH is 1. The molecule has 0 aromatic rings. The highest BCUT2D eigenvalue weighted by Crippen LogP contribution is 2.00. The van der Waals surface area contributed by atoms with Gasteiger partial charge in [0.2, 0.25) is 0 Å². The lowest BCUT2D eigenvalue weighted by Gasteiger charge is -2.13. The van der Waals surface area contributed by atoms with Crippen molar-refractivity contribution < 1.29 is 9.84 Å². The normalized spacial score (nSPS) is 17.1. The van der Waals surface area contributed by atoms with Gasteiger partial charge in [-0.3, -0.25) is 0 Å². The van der Waals surface area contributed by atoms with Crippen LogP contribution in [0.25, 0.3) is 0 Å². The molecule has 0 unspecified atom stereocenters. The molecular weight excluding hydrogens is 128 g/mol. The second kappa shape index (κ2) is 5.21. The number of hydrogen-bond acceptors (Lipinski definition) is 2. The molecule has 0 aliphatic heterocycles. The Morgan fingerprint density at radius 1 is 1.60 bits per heavy atom. The number of allylic oxidation sites excluding steroid dienone is 1. The molecule has 2 nitrogen and oxygen atoms in total. The van der Waals surface area contributed by atoms with Crippen LogP contribution in [0.3, 0.4) is 0 Å². The summed E-state index contributed by atoms with van der Waals surface area (Å²) in [6.07, 6.45) is 4.14. The van der Waals surface area contributed by atoms with E-state index >= 15 is 0 Å². The number of ether oxygens (including phenoxy) is 1. The van der Waals surface area contributed by atoms with Crippen LogP contribution in [0, 0.1) is 0 Å². The van der Waals surface area contributed by atoms with Crippen molar-refractivity contribution in [3.8, 4) is 0 Å². The van der Waals surface area contributed by atoms with Gasteiger partial charge in [-0.25, -0.2) is 0 Å². The first-order valence-corrected chi connectivity index (χ1v) is 3.22. The minimum Gasteiger partial charge on any atom is -0.386 e. The van der Waals surface area contributed by atoms with Crippen molar-refractivity contribution in [1.29, 1.82) is 0 Å². The summed E-state index contributed by atoms with van der Waals surface area (Å²) < 4.78 is 4.89. The van der Waals surface area contributed by atoms with E-state index in [9.17, 15) is 5.11 Å². The molecule has 58 valence electrons. The van der Waals surface area contributed by atoms with Gasteiger partial charge in [0.25, 0.3) is 0 Å². The highest BCUT2D eigenvalue weighted by atomic mass is 16.5. The van der Waals surface area contributed by atoms with E-state index in [2.05, 4.69) is 6.58 Å². The second-order valence-electron chi connectivity index (χ2n) is 1.95. The van der Waals surface area contributed by atoms with E-state index in [1.54, 1.807) is 25.3 Å². The molecule has 1 N–H and O–H groups in total. The predicted octanol–water partition coefficient (Wildman–Crippen LogP) is 1.12.